The number of anilines is 2. The summed E-state index contributed by atoms with van der Waals surface area (Å²) in [6, 6.07) is 33.6. The molecule has 0 radical (unpaired) electrons. The molecule has 1 N–H and O–H groups in total. The molecular formula is C70H60F2N6O16S2. The molecule has 6 heterocycles. The Morgan fingerprint density at radius 1 is 0.521 bits per heavy atom. The number of carboxylic acids is 1. The van der Waals surface area contributed by atoms with Gasteiger partial charge in [0.2, 0.25) is 0 Å². The minimum Gasteiger partial charge on any atom is -0.493 e. The van der Waals surface area contributed by atoms with Crippen LogP contribution in [0, 0.1) is 11.6 Å². The molecule has 0 saturated carbocycles. The Hall–Kier alpha value is -11.3. The van der Waals surface area contributed by atoms with Crippen LogP contribution in [0.1, 0.15) is 93.9 Å². The standard InChI is InChI=1S/2C34H28FN3O7S.C2H4O2/c2*1-5-44-33(42)27-18(2)36-34-38(29(27)21-12-15-25(45-19(3)39)26(16-21)43-4)32(41)30(46-34)28-23-8-6-7-9-24(23)37(31(28)40)17-20-10-13-22(35)14-11-20;1-2(3)4/h2*6-16,29H,5,17H2,1-4H3;1H3,(H,3,4)/b2*30-28-;. The number of aromatic nitrogens is 2. The fraction of sp³-hybridized carbons (Fsp3) is 0.214. The van der Waals surface area contributed by atoms with Crippen molar-refractivity contribution in [2.45, 2.75) is 73.6 Å². The normalized spacial score (nSPS) is 16.1. The molecule has 0 aliphatic carbocycles. The summed E-state index contributed by atoms with van der Waals surface area (Å²) in [7, 11) is 2.82. The first kappa shape index (κ1) is 67.6. The summed E-state index contributed by atoms with van der Waals surface area (Å²) in [5.41, 5.74) is 5.11. The minimum atomic E-state index is -0.994. The lowest BCUT2D eigenvalue weighted by atomic mass is 9.95. The number of amides is 2. The first-order valence-electron chi connectivity index (χ1n) is 29.7. The second kappa shape index (κ2) is 28.5. The van der Waals surface area contributed by atoms with Gasteiger partial charge < -0.3 is 43.3 Å². The number of methoxy groups -OCH3 is 2. The maximum Gasteiger partial charge on any atom is 0.338 e. The van der Waals surface area contributed by atoms with E-state index in [0.717, 1.165) is 29.6 Å². The minimum absolute atomic E-state index is 0.0980. The Bertz CT molecular complexity index is 4680. The molecule has 2 aromatic heterocycles. The van der Waals surface area contributed by atoms with E-state index in [1.165, 1.54) is 73.6 Å². The van der Waals surface area contributed by atoms with Crippen LogP contribution < -0.4 is 58.5 Å². The number of hydrogen-bond acceptors (Lipinski definition) is 19. The van der Waals surface area contributed by atoms with E-state index in [1.54, 1.807) is 135 Å². The number of nitrogens with zero attached hydrogens (tertiary/aromatic N) is 6. The van der Waals surface area contributed by atoms with Crippen LogP contribution >= 0.6 is 22.7 Å². The summed E-state index contributed by atoms with van der Waals surface area (Å²) >= 11 is 2.10. The lowest BCUT2D eigenvalue weighted by Gasteiger charge is -2.25. The van der Waals surface area contributed by atoms with Gasteiger partial charge in [-0.3, -0.25) is 42.7 Å². The molecule has 96 heavy (non-hydrogen) atoms. The van der Waals surface area contributed by atoms with Crippen LogP contribution in [0.15, 0.2) is 176 Å². The number of esters is 4. The molecule has 4 aliphatic rings. The van der Waals surface area contributed by atoms with Gasteiger partial charge in [0.05, 0.1) is 97.7 Å². The first-order valence-corrected chi connectivity index (χ1v) is 31.3. The number of thiazole rings is 2. The molecule has 0 fully saturated rings. The maximum atomic E-state index is 14.4. The monoisotopic (exact) mass is 1340 g/mol. The number of halogens is 2. The van der Waals surface area contributed by atoms with Gasteiger partial charge in [0.1, 0.15) is 20.7 Å². The number of carboxylic acid groups (broad SMARTS) is 1. The highest BCUT2D eigenvalue weighted by molar-refractivity contribution is 7.07. The number of allylic oxidation sites excluding steroid dienone is 2. The Morgan fingerprint density at radius 3 is 1.21 bits per heavy atom. The number of hydrogen-bond donors (Lipinski definition) is 1. The molecule has 2 amide bonds. The Morgan fingerprint density at radius 2 is 0.875 bits per heavy atom. The highest BCUT2D eigenvalue weighted by Crippen LogP contribution is 2.41. The smallest absolute Gasteiger partial charge is 0.338 e. The number of carbonyl (C=O) groups is 7. The average molecular weight is 1340 g/mol. The molecule has 12 rings (SSSR count). The molecule has 6 aromatic carbocycles. The van der Waals surface area contributed by atoms with Crippen LogP contribution in [0.2, 0.25) is 0 Å². The lowest BCUT2D eigenvalue weighted by Crippen LogP contribution is -2.41. The number of rotatable bonds is 14. The van der Waals surface area contributed by atoms with E-state index >= 15 is 0 Å². The maximum absolute atomic E-state index is 14.4. The van der Waals surface area contributed by atoms with Crippen molar-refractivity contribution < 1.29 is 75.9 Å². The fourth-order valence-electron chi connectivity index (χ4n) is 11.4. The zero-order valence-electron chi connectivity index (χ0n) is 53.0. The summed E-state index contributed by atoms with van der Waals surface area (Å²) in [6.45, 7) is 10.8. The van der Waals surface area contributed by atoms with Crippen molar-refractivity contribution >= 4 is 86.9 Å². The van der Waals surface area contributed by atoms with Crippen LogP contribution in [-0.2, 0) is 56.1 Å². The second-order valence-electron chi connectivity index (χ2n) is 21.6. The number of aliphatic carboxylic acids is 1. The van der Waals surface area contributed by atoms with Crippen molar-refractivity contribution in [2.75, 3.05) is 37.2 Å². The number of benzene rings is 6. The Labute approximate surface area is 553 Å². The van der Waals surface area contributed by atoms with Crippen molar-refractivity contribution in [3.8, 4) is 23.0 Å². The van der Waals surface area contributed by atoms with Gasteiger partial charge in [-0.1, -0.05) is 95.5 Å². The van der Waals surface area contributed by atoms with Crippen LogP contribution in [-0.4, -0.2) is 83.3 Å². The number of fused-ring (bicyclic) bond motifs is 4. The number of para-hydroxylation sites is 2. The molecule has 492 valence electrons. The predicted molar refractivity (Wildman–Crippen MR) is 349 cm³/mol. The summed E-state index contributed by atoms with van der Waals surface area (Å²) < 4.78 is 62.5. The number of carbonyl (C=O) groups excluding carboxylic acids is 6. The Balaban J connectivity index is 0.000000198. The molecule has 0 bridgehead atoms. The van der Waals surface area contributed by atoms with Crippen LogP contribution in [0.4, 0.5) is 20.2 Å². The second-order valence-corrected chi connectivity index (χ2v) is 23.5. The van der Waals surface area contributed by atoms with Gasteiger partial charge >= 0.3 is 23.9 Å². The third-order valence-corrected chi connectivity index (χ3v) is 17.4. The molecule has 8 aromatic rings. The largest absolute Gasteiger partial charge is 0.493 e. The van der Waals surface area contributed by atoms with Crippen molar-refractivity contribution in [1.29, 1.82) is 0 Å². The molecule has 2 atom stereocenters. The van der Waals surface area contributed by atoms with Crippen molar-refractivity contribution in [1.82, 2.24) is 9.13 Å². The van der Waals surface area contributed by atoms with E-state index in [1.807, 2.05) is 0 Å². The third kappa shape index (κ3) is 13.5. The van der Waals surface area contributed by atoms with E-state index in [9.17, 15) is 47.1 Å². The molecule has 0 saturated heterocycles. The van der Waals surface area contributed by atoms with Crippen molar-refractivity contribution in [3.05, 3.63) is 240 Å². The third-order valence-electron chi connectivity index (χ3n) is 15.3. The summed E-state index contributed by atoms with van der Waals surface area (Å²) in [5, 5.41) is 7.42. The van der Waals surface area contributed by atoms with E-state index < -0.39 is 53.0 Å². The number of ether oxygens (including phenoxy) is 6. The van der Waals surface area contributed by atoms with Gasteiger partial charge in [0.15, 0.2) is 32.6 Å². The van der Waals surface area contributed by atoms with Gasteiger partial charge in [-0.15, -0.1) is 0 Å². The zero-order valence-corrected chi connectivity index (χ0v) is 54.6. The van der Waals surface area contributed by atoms with Crippen LogP contribution in [0.25, 0.3) is 11.1 Å². The van der Waals surface area contributed by atoms with E-state index in [0.29, 0.717) is 56.1 Å². The summed E-state index contributed by atoms with van der Waals surface area (Å²) in [6.07, 6.45) is 0. The van der Waals surface area contributed by atoms with Crippen LogP contribution in [0.3, 0.4) is 0 Å². The van der Waals surface area contributed by atoms with Gasteiger partial charge in [-0.05, 0) is 111 Å². The fourth-order valence-corrected chi connectivity index (χ4v) is 13.6. The molecule has 4 aliphatic heterocycles. The van der Waals surface area contributed by atoms with Gasteiger partial charge in [-0.2, -0.15) is 0 Å². The van der Waals surface area contributed by atoms with Gasteiger partial charge in [-0.25, -0.2) is 28.4 Å². The van der Waals surface area contributed by atoms with E-state index in [2.05, 4.69) is 9.98 Å². The molecule has 26 heteroatoms. The first-order chi connectivity index (χ1) is 46.0. The van der Waals surface area contributed by atoms with Gasteiger partial charge in [0, 0.05) is 31.9 Å². The molecule has 2 unspecified atom stereocenters. The van der Waals surface area contributed by atoms with Crippen LogP contribution in [0.5, 0.6) is 23.0 Å². The SMILES string of the molecule is CC(=O)O.CCOC(=O)C1=C(C)N=c2s/c(=C3\C(=O)N(Cc4ccc(F)cc4)c4ccccc43)c(=O)n2C1c1ccc(OC(C)=O)c(OC)c1.CCOC(=O)C1=C(C)N=c2s/c(=C3\C(=O)N(Cc4ccc(F)cc4)c4ccccc43)c(=O)n2C1c1ccc(OC(C)=O)c(OC)c1. The summed E-state index contributed by atoms with van der Waals surface area (Å²) in [4.78, 5) is 129. The Kier molecular flexibility index (Phi) is 20.1. The summed E-state index contributed by atoms with van der Waals surface area (Å²) in [5.74, 6) is -4.00. The molecular weight excluding hydrogens is 1280 g/mol. The highest BCUT2D eigenvalue weighted by atomic mass is 32.1. The quantitative estimate of drug-likeness (QED) is 0.0808. The van der Waals surface area contributed by atoms with Crippen molar-refractivity contribution in [3.63, 3.8) is 0 Å². The molecule has 22 nitrogen and oxygen atoms in total. The van der Waals surface area contributed by atoms with Crippen molar-refractivity contribution in [2.24, 2.45) is 9.98 Å². The topological polar surface area (TPSA) is 270 Å². The predicted octanol–water partition coefficient (Wildman–Crippen LogP) is 7.67. The zero-order chi connectivity index (χ0) is 69.0. The van der Waals surface area contributed by atoms with E-state index in [4.69, 9.17) is 38.3 Å². The highest BCUT2D eigenvalue weighted by Gasteiger charge is 2.40. The average Bonchev–Trinajstić information content (AvgIpc) is 1.55. The van der Waals surface area contributed by atoms with E-state index in [-0.39, 0.29) is 114 Å². The lowest BCUT2D eigenvalue weighted by molar-refractivity contribution is -0.140. The molecule has 0 spiro atoms. The van der Waals surface area contributed by atoms with Gasteiger partial charge in [0.25, 0.3) is 28.9 Å².